The van der Waals surface area contributed by atoms with Crippen molar-refractivity contribution >= 4 is 5.97 Å². The van der Waals surface area contributed by atoms with Gasteiger partial charge in [0.25, 0.3) is 0 Å². The maximum absolute atomic E-state index is 12.2. The van der Waals surface area contributed by atoms with Crippen molar-refractivity contribution in [3.8, 4) is 0 Å². The summed E-state index contributed by atoms with van der Waals surface area (Å²) < 4.78 is 11.1. The highest BCUT2D eigenvalue weighted by Gasteiger charge is 2.13. The van der Waals surface area contributed by atoms with Gasteiger partial charge in [-0.3, -0.25) is 4.79 Å². The molecule has 1 unspecified atom stereocenters. The molecule has 0 rings (SSSR count). The van der Waals surface area contributed by atoms with Gasteiger partial charge in [-0.15, -0.1) is 0 Å². The highest BCUT2D eigenvalue weighted by Crippen LogP contribution is 2.15. The summed E-state index contributed by atoms with van der Waals surface area (Å²) in [7, 11) is 0. The fraction of sp³-hybridized carbons (Fsp3) is 0.791. The number of ether oxygens (including phenoxy) is 2. The van der Waals surface area contributed by atoms with Gasteiger partial charge in [-0.25, -0.2) is 0 Å². The van der Waals surface area contributed by atoms with Crippen LogP contribution in [0.5, 0.6) is 0 Å². The highest BCUT2D eigenvalue weighted by atomic mass is 16.6. The van der Waals surface area contributed by atoms with Gasteiger partial charge in [0, 0.05) is 13.0 Å². The molecule has 0 bridgehead atoms. The molecule has 0 saturated carbocycles. The first-order valence-electron chi connectivity index (χ1n) is 20.2. The molecule has 0 radical (unpaired) electrons. The Balaban J connectivity index is 3.46. The molecular weight excluding hydrogens is 580 g/mol. The van der Waals surface area contributed by atoms with E-state index in [0.717, 1.165) is 51.4 Å². The zero-order valence-electron chi connectivity index (χ0n) is 31.3. The third-order valence-corrected chi connectivity index (χ3v) is 8.67. The predicted molar refractivity (Wildman–Crippen MR) is 205 cm³/mol. The molecule has 0 heterocycles. The lowest BCUT2D eigenvalue weighted by Crippen LogP contribution is -2.27. The average molecular weight is 659 g/mol. The lowest BCUT2D eigenvalue weighted by molar-refractivity contribution is -0.154. The number of hydrogen-bond acceptors (Lipinski definition) is 4. The van der Waals surface area contributed by atoms with Gasteiger partial charge in [-0.1, -0.05) is 191 Å². The number of hydrogen-bond donors (Lipinski definition) is 1. The van der Waals surface area contributed by atoms with Gasteiger partial charge >= 0.3 is 5.97 Å². The monoisotopic (exact) mass is 659 g/mol. The van der Waals surface area contributed by atoms with Crippen LogP contribution < -0.4 is 0 Å². The molecule has 0 aromatic carbocycles. The van der Waals surface area contributed by atoms with Crippen LogP contribution in [0.25, 0.3) is 0 Å². The molecule has 0 spiro atoms. The second-order valence-corrected chi connectivity index (χ2v) is 13.3. The number of aliphatic hydroxyl groups is 1. The lowest BCUT2D eigenvalue weighted by Gasteiger charge is -2.15. The molecule has 0 aromatic rings. The zero-order valence-corrected chi connectivity index (χ0v) is 31.3. The topological polar surface area (TPSA) is 55.8 Å². The van der Waals surface area contributed by atoms with Crippen molar-refractivity contribution in [2.75, 3.05) is 19.8 Å². The largest absolute Gasteiger partial charge is 0.457 e. The third kappa shape index (κ3) is 38.7. The third-order valence-electron chi connectivity index (χ3n) is 8.67. The van der Waals surface area contributed by atoms with Crippen molar-refractivity contribution in [1.82, 2.24) is 0 Å². The van der Waals surface area contributed by atoms with E-state index in [9.17, 15) is 9.90 Å². The normalized spacial score (nSPS) is 12.8. The molecule has 0 saturated heterocycles. The van der Waals surface area contributed by atoms with Crippen LogP contribution in [-0.4, -0.2) is 37.0 Å². The summed E-state index contributed by atoms with van der Waals surface area (Å²) in [5.41, 5.74) is 0. The first-order valence-corrected chi connectivity index (χ1v) is 20.2. The van der Waals surface area contributed by atoms with Gasteiger partial charge in [0.05, 0.1) is 13.2 Å². The Kier molecular flexibility index (Phi) is 39.1. The maximum Gasteiger partial charge on any atom is 0.306 e. The van der Waals surface area contributed by atoms with Crippen LogP contribution in [0.4, 0.5) is 0 Å². The molecule has 0 aliphatic heterocycles. The molecule has 0 fully saturated rings. The van der Waals surface area contributed by atoms with E-state index in [1.807, 2.05) is 0 Å². The number of aliphatic hydroxyl groups excluding tert-OH is 1. The lowest BCUT2D eigenvalue weighted by atomic mass is 10.0. The number of rotatable bonds is 37. The summed E-state index contributed by atoms with van der Waals surface area (Å²) in [6, 6.07) is 0. The van der Waals surface area contributed by atoms with Crippen molar-refractivity contribution in [3.63, 3.8) is 0 Å². The molecule has 0 aromatic heterocycles. The molecular formula is C43H78O4. The first-order chi connectivity index (χ1) is 23.2. The Hall–Kier alpha value is -1.65. The van der Waals surface area contributed by atoms with Crippen LogP contribution in [0.1, 0.15) is 194 Å². The summed E-state index contributed by atoms with van der Waals surface area (Å²) in [4.78, 5) is 12.2. The molecule has 0 amide bonds. The Labute approximate surface area is 292 Å². The second-order valence-electron chi connectivity index (χ2n) is 13.3. The van der Waals surface area contributed by atoms with Crippen LogP contribution >= 0.6 is 0 Å². The number of unbranched alkanes of at least 4 members (excludes halogenated alkanes) is 21. The van der Waals surface area contributed by atoms with Gasteiger partial charge in [0.2, 0.25) is 0 Å². The van der Waals surface area contributed by atoms with E-state index in [-0.39, 0.29) is 19.2 Å². The maximum atomic E-state index is 12.2. The average Bonchev–Trinajstić information content (AvgIpc) is 3.08. The Morgan fingerprint density at radius 3 is 1.36 bits per heavy atom. The zero-order chi connectivity index (χ0) is 34.1. The van der Waals surface area contributed by atoms with Crippen LogP contribution in [0.2, 0.25) is 0 Å². The molecule has 47 heavy (non-hydrogen) atoms. The van der Waals surface area contributed by atoms with Crippen molar-refractivity contribution in [2.24, 2.45) is 0 Å². The summed E-state index contributed by atoms with van der Waals surface area (Å²) in [5, 5.41) is 9.56. The fourth-order valence-electron chi connectivity index (χ4n) is 5.69. The molecule has 274 valence electrons. The minimum atomic E-state index is -0.560. The smallest absolute Gasteiger partial charge is 0.306 e. The van der Waals surface area contributed by atoms with Gasteiger partial charge in [-0.05, 0) is 44.9 Å². The Bertz CT molecular complexity index is 738. The summed E-state index contributed by atoms with van der Waals surface area (Å²) in [5.74, 6) is -0.217. The van der Waals surface area contributed by atoms with E-state index < -0.39 is 6.10 Å². The molecule has 4 heteroatoms. The van der Waals surface area contributed by atoms with E-state index in [1.165, 1.54) is 122 Å². The number of carbonyl (C=O) groups excluding carboxylic acids is 1. The first kappa shape index (κ1) is 45.3. The van der Waals surface area contributed by atoms with Crippen LogP contribution in [0.3, 0.4) is 0 Å². The van der Waals surface area contributed by atoms with Crippen molar-refractivity contribution in [2.45, 2.75) is 200 Å². The number of carbonyl (C=O) groups is 1. The molecule has 4 nitrogen and oxygen atoms in total. The second kappa shape index (κ2) is 40.5. The van der Waals surface area contributed by atoms with Crippen LogP contribution in [0, 0.1) is 0 Å². The Morgan fingerprint density at radius 2 is 0.936 bits per heavy atom. The van der Waals surface area contributed by atoms with Gasteiger partial charge in [0.1, 0.15) is 6.10 Å². The SMILES string of the molecule is CC/C=C\C/C=C\C/C=C\C/C=C\CCCOCC(CO)OC(=O)CCCCCCCCCCCCCCCCCCCCCCC. The quantitative estimate of drug-likeness (QED) is 0.0410. The van der Waals surface area contributed by atoms with Gasteiger partial charge in [-0.2, -0.15) is 0 Å². The van der Waals surface area contributed by atoms with E-state index in [4.69, 9.17) is 9.47 Å². The molecule has 1 atom stereocenters. The Morgan fingerprint density at radius 1 is 0.532 bits per heavy atom. The number of allylic oxidation sites excluding steroid dienone is 8. The highest BCUT2D eigenvalue weighted by molar-refractivity contribution is 5.69. The summed E-state index contributed by atoms with van der Waals surface area (Å²) in [6.45, 7) is 5.11. The van der Waals surface area contributed by atoms with Crippen molar-refractivity contribution in [3.05, 3.63) is 48.6 Å². The van der Waals surface area contributed by atoms with Crippen LogP contribution in [-0.2, 0) is 14.3 Å². The van der Waals surface area contributed by atoms with Crippen LogP contribution in [0.15, 0.2) is 48.6 Å². The molecule has 0 aliphatic carbocycles. The van der Waals surface area contributed by atoms with E-state index in [1.54, 1.807) is 0 Å². The summed E-state index contributed by atoms with van der Waals surface area (Å²) >= 11 is 0. The summed E-state index contributed by atoms with van der Waals surface area (Å²) in [6.07, 6.45) is 51.8. The van der Waals surface area contributed by atoms with E-state index in [0.29, 0.717) is 13.0 Å². The standard InChI is InChI=1S/C43H78O4/c1-3-5-7-9-11-13-15-17-19-20-21-22-23-24-25-26-28-30-32-34-36-38-43(45)47-42(40-44)41-46-39-37-35-33-31-29-27-18-16-14-12-10-8-6-4-2/h6,8,12,14,18,27,31,33,42,44H,3-5,7,9-11,13,15-17,19-26,28-30,32,34-41H2,1-2H3/b8-6-,14-12-,27-18-,33-31-. The molecule has 1 N–H and O–H groups in total. The van der Waals surface area contributed by atoms with E-state index in [2.05, 4.69) is 62.5 Å². The number of esters is 1. The van der Waals surface area contributed by atoms with Crippen molar-refractivity contribution in [1.29, 1.82) is 0 Å². The van der Waals surface area contributed by atoms with Crippen molar-refractivity contribution < 1.29 is 19.4 Å². The van der Waals surface area contributed by atoms with Gasteiger partial charge < -0.3 is 14.6 Å². The molecule has 0 aliphatic rings. The minimum Gasteiger partial charge on any atom is -0.457 e. The predicted octanol–water partition coefficient (Wildman–Crippen LogP) is 13.1. The fourth-order valence-corrected chi connectivity index (χ4v) is 5.69. The van der Waals surface area contributed by atoms with Gasteiger partial charge in [0.15, 0.2) is 0 Å². The van der Waals surface area contributed by atoms with E-state index >= 15 is 0 Å². The minimum absolute atomic E-state index is 0.193.